The normalized spacial score (nSPS) is 14.4. The lowest BCUT2D eigenvalue weighted by atomic mass is 9.87. The number of hydrogen-bond acceptors (Lipinski definition) is 2. The molecule has 0 amide bonds. The van der Waals surface area contributed by atoms with Crippen LogP contribution >= 0.6 is 0 Å². The molecule has 0 radical (unpaired) electrons. The molecule has 1 unspecified atom stereocenters. The van der Waals surface area contributed by atoms with E-state index in [-0.39, 0.29) is 0 Å². The van der Waals surface area contributed by atoms with Gasteiger partial charge >= 0.3 is 0 Å². The van der Waals surface area contributed by atoms with Gasteiger partial charge in [-0.2, -0.15) is 0 Å². The smallest absolute Gasteiger partial charge is 0.0157 e. The molecule has 14 heavy (non-hydrogen) atoms. The van der Waals surface area contributed by atoms with Crippen LogP contribution in [0, 0.1) is 5.41 Å². The van der Waals surface area contributed by atoms with Gasteiger partial charge in [-0.1, -0.05) is 26.8 Å². The van der Waals surface area contributed by atoms with Crippen molar-refractivity contribution in [2.75, 3.05) is 20.1 Å². The number of nitrogens with zero attached hydrogens (tertiary/aromatic N) is 1. The number of nitrogens with two attached hydrogens (primary N) is 1. The van der Waals surface area contributed by atoms with E-state index in [1.807, 2.05) is 6.08 Å². The summed E-state index contributed by atoms with van der Waals surface area (Å²) in [6.45, 7) is 12.4. The molecule has 0 heterocycles. The van der Waals surface area contributed by atoms with Crippen molar-refractivity contribution in [1.29, 1.82) is 0 Å². The molecule has 0 saturated heterocycles. The standard InChI is InChI=1S/C12H26N2/c1-6-8-14(5)9-7-11(13)10-12(2,3)4/h6,11H,1,7-10,13H2,2-5H3. The van der Waals surface area contributed by atoms with Crippen LogP contribution in [0.5, 0.6) is 0 Å². The summed E-state index contributed by atoms with van der Waals surface area (Å²) in [4.78, 5) is 2.25. The zero-order chi connectivity index (χ0) is 11.2. The van der Waals surface area contributed by atoms with Crippen LogP contribution in [0.15, 0.2) is 12.7 Å². The first-order valence-corrected chi connectivity index (χ1v) is 5.40. The fraction of sp³-hybridized carbons (Fsp3) is 0.833. The van der Waals surface area contributed by atoms with Gasteiger partial charge in [0.25, 0.3) is 0 Å². The highest BCUT2D eigenvalue weighted by Gasteiger charge is 2.15. The topological polar surface area (TPSA) is 29.3 Å². The van der Waals surface area contributed by atoms with Crippen LogP contribution in [-0.4, -0.2) is 31.1 Å². The summed E-state index contributed by atoms with van der Waals surface area (Å²) in [7, 11) is 2.10. The third kappa shape index (κ3) is 8.27. The van der Waals surface area contributed by atoms with E-state index in [2.05, 4.69) is 39.3 Å². The van der Waals surface area contributed by atoms with Crippen molar-refractivity contribution < 1.29 is 0 Å². The van der Waals surface area contributed by atoms with Crippen LogP contribution in [0.4, 0.5) is 0 Å². The second kappa shape index (κ2) is 6.20. The molecule has 0 aliphatic heterocycles. The molecule has 1 atom stereocenters. The van der Waals surface area contributed by atoms with Crippen molar-refractivity contribution in [1.82, 2.24) is 4.90 Å². The third-order valence-electron chi connectivity index (χ3n) is 2.20. The second-order valence-corrected chi connectivity index (χ2v) is 5.36. The van der Waals surface area contributed by atoms with Gasteiger partial charge in [-0.05, 0) is 31.8 Å². The summed E-state index contributed by atoms with van der Waals surface area (Å²) in [5, 5.41) is 0. The van der Waals surface area contributed by atoms with Gasteiger partial charge in [0.1, 0.15) is 0 Å². The zero-order valence-corrected chi connectivity index (χ0v) is 10.2. The highest BCUT2D eigenvalue weighted by atomic mass is 15.1. The molecular weight excluding hydrogens is 172 g/mol. The average molecular weight is 198 g/mol. The van der Waals surface area contributed by atoms with E-state index in [4.69, 9.17) is 5.73 Å². The van der Waals surface area contributed by atoms with Crippen LogP contribution in [0.1, 0.15) is 33.6 Å². The maximum Gasteiger partial charge on any atom is 0.0157 e. The van der Waals surface area contributed by atoms with E-state index < -0.39 is 0 Å². The Hall–Kier alpha value is -0.340. The number of hydrogen-bond donors (Lipinski definition) is 1. The molecule has 0 aromatic heterocycles. The molecule has 0 aliphatic rings. The van der Waals surface area contributed by atoms with Crippen molar-refractivity contribution in [2.24, 2.45) is 11.1 Å². The highest BCUT2D eigenvalue weighted by Crippen LogP contribution is 2.20. The minimum absolute atomic E-state index is 0.322. The van der Waals surface area contributed by atoms with E-state index in [0.717, 1.165) is 25.9 Å². The first-order chi connectivity index (χ1) is 6.35. The predicted molar refractivity (Wildman–Crippen MR) is 64.4 cm³/mol. The van der Waals surface area contributed by atoms with Crippen molar-refractivity contribution in [3.8, 4) is 0 Å². The summed E-state index contributed by atoms with van der Waals surface area (Å²) < 4.78 is 0. The summed E-state index contributed by atoms with van der Waals surface area (Å²) in [6, 6.07) is 0.322. The van der Waals surface area contributed by atoms with Crippen LogP contribution in [-0.2, 0) is 0 Å². The van der Waals surface area contributed by atoms with Crippen molar-refractivity contribution in [3.63, 3.8) is 0 Å². The fourth-order valence-electron chi connectivity index (χ4n) is 1.59. The Labute approximate surface area is 89.2 Å². The Morgan fingerprint density at radius 1 is 1.43 bits per heavy atom. The summed E-state index contributed by atoms with van der Waals surface area (Å²) in [5.74, 6) is 0. The Morgan fingerprint density at radius 2 is 2.00 bits per heavy atom. The number of likely N-dealkylation sites (N-methyl/N-ethyl adjacent to an activating group) is 1. The maximum absolute atomic E-state index is 6.05. The summed E-state index contributed by atoms with van der Waals surface area (Å²) in [5.41, 5.74) is 6.40. The largest absolute Gasteiger partial charge is 0.328 e. The van der Waals surface area contributed by atoms with Gasteiger partial charge in [0.05, 0.1) is 0 Å². The summed E-state index contributed by atoms with van der Waals surface area (Å²) in [6.07, 6.45) is 4.09. The lowest BCUT2D eigenvalue weighted by Crippen LogP contribution is -2.31. The Kier molecular flexibility index (Phi) is 6.05. The van der Waals surface area contributed by atoms with Gasteiger partial charge in [0, 0.05) is 12.6 Å². The molecule has 0 aromatic rings. The SMILES string of the molecule is C=CCN(C)CCC(N)CC(C)(C)C. The van der Waals surface area contributed by atoms with E-state index in [1.54, 1.807) is 0 Å². The first-order valence-electron chi connectivity index (χ1n) is 5.40. The van der Waals surface area contributed by atoms with Crippen LogP contribution in [0.2, 0.25) is 0 Å². The van der Waals surface area contributed by atoms with Gasteiger partial charge in [-0.15, -0.1) is 6.58 Å². The Morgan fingerprint density at radius 3 is 2.43 bits per heavy atom. The maximum atomic E-state index is 6.05. The molecule has 0 aliphatic carbocycles. The molecule has 0 fully saturated rings. The lowest BCUT2D eigenvalue weighted by molar-refractivity contribution is 0.295. The van der Waals surface area contributed by atoms with Crippen molar-refractivity contribution in [3.05, 3.63) is 12.7 Å². The predicted octanol–water partition coefficient (Wildman–Crippen LogP) is 2.26. The Balaban J connectivity index is 3.63. The molecule has 0 aromatic carbocycles. The lowest BCUT2D eigenvalue weighted by Gasteiger charge is -2.24. The monoisotopic (exact) mass is 198 g/mol. The molecule has 2 nitrogen and oxygen atoms in total. The van der Waals surface area contributed by atoms with Gasteiger partial charge in [-0.25, -0.2) is 0 Å². The van der Waals surface area contributed by atoms with E-state index in [1.165, 1.54) is 0 Å². The molecule has 0 rings (SSSR count). The molecule has 0 spiro atoms. The first kappa shape index (κ1) is 13.7. The van der Waals surface area contributed by atoms with Crippen molar-refractivity contribution >= 4 is 0 Å². The van der Waals surface area contributed by atoms with Crippen LogP contribution in [0.25, 0.3) is 0 Å². The number of rotatable bonds is 6. The van der Waals surface area contributed by atoms with Gasteiger partial charge in [0.2, 0.25) is 0 Å². The minimum Gasteiger partial charge on any atom is -0.328 e. The van der Waals surface area contributed by atoms with Crippen LogP contribution < -0.4 is 5.73 Å². The molecule has 84 valence electrons. The van der Waals surface area contributed by atoms with Gasteiger partial charge in [0.15, 0.2) is 0 Å². The second-order valence-electron chi connectivity index (χ2n) is 5.36. The van der Waals surface area contributed by atoms with Gasteiger partial charge < -0.3 is 10.6 Å². The average Bonchev–Trinajstić information content (AvgIpc) is 1.98. The zero-order valence-electron chi connectivity index (χ0n) is 10.2. The fourth-order valence-corrected chi connectivity index (χ4v) is 1.59. The van der Waals surface area contributed by atoms with Gasteiger partial charge in [-0.3, -0.25) is 0 Å². The van der Waals surface area contributed by atoms with Crippen molar-refractivity contribution in [2.45, 2.75) is 39.7 Å². The minimum atomic E-state index is 0.322. The molecule has 2 heteroatoms. The molecule has 0 bridgehead atoms. The van der Waals surface area contributed by atoms with Crippen LogP contribution in [0.3, 0.4) is 0 Å². The molecule has 0 saturated carbocycles. The highest BCUT2D eigenvalue weighted by molar-refractivity contribution is 4.75. The van der Waals surface area contributed by atoms with E-state index >= 15 is 0 Å². The molecular formula is C12H26N2. The Bertz CT molecular complexity index is 158. The van der Waals surface area contributed by atoms with E-state index in [0.29, 0.717) is 11.5 Å². The van der Waals surface area contributed by atoms with E-state index in [9.17, 15) is 0 Å². The third-order valence-corrected chi connectivity index (χ3v) is 2.20. The quantitative estimate of drug-likeness (QED) is 0.663. The molecule has 2 N–H and O–H groups in total. The summed E-state index contributed by atoms with van der Waals surface area (Å²) >= 11 is 0.